The van der Waals surface area contributed by atoms with Gasteiger partial charge in [0.2, 0.25) is 0 Å². The van der Waals surface area contributed by atoms with Crippen molar-refractivity contribution in [2.45, 2.75) is 24.4 Å². The van der Waals surface area contributed by atoms with Crippen LogP contribution < -0.4 is 0 Å². The van der Waals surface area contributed by atoms with Crippen molar-refractivity contribution < 1.29 is 4.74 Å². The van der Waals surface area contributed by atoms with Crippen LogP contribution in [-0.2, 0) is 16.6 Å². The lowest BCUT2D eigenvalue weighted by Gasteiger charge is -2.35. The van der Waals surface area contributed by atoms with Crippen molar-refractivity contribution >= 4 is 0 Å². The summed E-state index contributed by atoms with van der Waals surface area (Å²) in [6.07, 6.45) is 2.38. The summed E-state index contributed by atoms with van der Waals surface area (Å²) < 4.78 is 5.64. The molecule has 1 heterocycles. The van der Waals surface area contributed by atoms with Crippen LogP contribution in [-0.4, -0.2) is 12.7 Å². The number of epoxide rings is 1. The number of ether oxygens (including phenoxy) is 1. The quantitative estimate of drug-likeness (QED) is 0.583. The Kier molecular flexibility index (Phi) is 4.18. The van der Waals surface area contributed by atoms with E-state index in [0.717, 1.165) is 19.4 Å². The lowest BCUT2D eigenvalue weighted by molar-refractivity contribution is 0.343. The molecule has 0 unspecified atom stereocenters. The van der Waals surface area contributed by atoms with E-state index in [-0.39, 0.29) is 5.41 Å². The molecular formula is C23H22O. The van der Waals surface area contributed by atoms with E-state index in [2.05, 4.69) is 91.0 Å². The molecule has 4 rings (SSSR count). The highest BCUT2D eigenvalue weighted by Crippen LogP contribution is 2.42. The molecule has 0 spiro atoms. The monoisotopic (exact) mass is 314 g/mol. The second-order valence-electron chi connectivity index (χ2n) is 6.64. The topological polar surface area (TPSA) is 12.5 Å². The summed E-state index contributed by atoms with van der Waals surface area (Å²) in [6, 6.07) is 32.6. The molecule has 3 aromatic carbocycles. The third-order valence-electron chi connectivity index (χ3n) is 4.98. The van der Waals surface area contributed by atoms with Gasteiger partial charge < -0.3 is 4.74 Å². The van der Waals surface area contributed by atoms with Gasteiger partial charge in [0.1, 0.15) is 0 Å². The van der Waals surface area contributed by atoms with E-state index < -0.39 is 0 Å². The average molecular weight is 314 g/mol. The third-order valence-corrected chi connectivity index (χ3v) is 4.98. The van der Waals surface area contributed by atoms with Crippen LogP contribution in [0.2, 0.25) is 0 Å². The Bertz CT molecular complexity index is 721. The fourth-order valence-corrected chi connectivity index (χ4v) is 3.71. The minimum absolute atomic E-state index is 0.0506. The predicted octanol–water partition coefficient (Wildman–Crippen LogP) is 5.00. The zero-order valence-corrected chi connectivity index (χ0v) is 13.8. The number of rotatable bonds is 6. The second kappa shape index (κ2) is 6.62. The summed E-state index contributed by atoms with van der Waals surface area (Å²) in [5.41, 5.74) is 4.06. The fourth-order valence-electron chi connectivity index (χ4n) is 3.71. The summed E-state index contributed by atoms with van der Waals surface area (Å²) in [5, 5.41) is 0. The van der Waals surface area contributed by atoms with E-state index in [1.54, 1.807) is 0 Å². The highest BCUT2D eigenvalue weighted by molar-refractivity contribution is 5.42. The summed E-state index contributed by atoms with van der Waals surface area (Å²) >= 11 is 0. The highest BCUT2D eigenvalue weighted by atomic mass is 16.6. The SMILES string of the molecule is c1ccc(CC(C[C@H]2CO2)(c2ccccc2)c2ccccc2)cc1. The predicted molar refractivity (Wildman–Crippen MR) is 98.2 cm³/mol. The molecule has 1 fully saturated rings. The Balaban J connectivity index is 1.85. The first kappa shape index (κ1) is 15.2. The number of hydrogen-bond donors (Lipinski definition) is 0. The zero-order chi connectivity index (χ0) is 16.2. The summed E-state index contributed by atoms with van der Waals surface area (Å²) in [6.45, 7) is 0.885. The molecule has 0 amide bonds. The van der Waals surface area contributed by atoms with Gasteiger partial charge in [-0.1, -0.05) is 91.0 Å². The van der Waals surface area contributed by atoms with Gasteiger partial charge in [-0.25, -0.2) is 0 Å². The summed E-state index contributed by atoms with van der Waals surface area (Å²) in [4.78, 5) is 0. The van der Waals surface area contributed by atoms with Crippen LogP contribution in [0, 0.1) is 0 Å². The molecule has 0 N–H and O–H groups in total. The largest absolute Gasteiger partial charge is 0.373 e. The van der Waals surface area contributed by atoms with Crippen LogP contribution >= 0.6 is 0 Å². The molecule has 1 atom stereocenters. The van der Waals surface area contributed by atoms with Crippen LogP contribution in [0.3, 0.4) is 0 Å². The first-order chi connectivity index (χ1) is 11.9. The van der Waals surface area contributed by atoms with E-state index in [4.69, 9.17) is 4.74 Å². The number of benzene rings is 3. The maximum atomic E-state index is 5.64. The smallest absolute Gasteiger partial charge is 0.0821 e. The normalized spacial score (nSPS) is 16.8. The third kappa shape index (κ3) is 3.13. The lowest BCUT2D eigenvalue weighted by atomic mass is 9.67. The standard InChI is InChI=1S/C23H22O/c1-4-10-19(11-5-1)16-23(17-22-18-24-22,20-12-6-2-7-13-20)21-14-8-3-9-15-21/h1-15,22H,16-18H2/t22-/m0/s1. The molecule has 0 radical (unpaired) electrons. The van der Waals surface area contributed by atoms with E-state index in [1.165, 1.54) is 16.7 Å². The van der Waals surface area contributed by atoms with Gasteiger partial charge in [0.25, 0.3) is 0 Å². The molecule has 1 saturated heterocycles. The van der Waals surface area contributed by atoms with Crippen molar-refractivity contribution in [2.75, 3.05) is 6.61 Å². The molecule has 0 aliphatic carbocycles. The minimum Gasteiger partial charge on any atom is -0.373 e. The van der Waals surface area contributed by atoms with Gasteiger partial charge in [-0.2, -0.15) is 0 Å². The Hall–Kier alpha value is -2.38. The Morgan fingerprint density at radius 1 is 0.708 bits per heavy atom. The molecule has 24 heavy (non-hydrogen) atoms. The fraction of sp³-hybridized carbons (Fsp3) is 0.217. The molecule has 1 nitrogen and oxygen atoms in total. The van der Waals surface area contributed by atoms with Gasteiger partial charge >= 0.3 is 0 Å². The highest BCUT2D eigenvalue weighted by Gasteiger charge is 2.40. The maximum absolute atomic E-state index is 5.64. The van der Waals surface area contributed by atoms with Crippen LogP contribution in [0.25, 0.3) is 0 Å². The molecule has 120 valence electrons. The van der Waals surface area contributed by atoms with Gasteiger partial charge in [-0.15, -0.1) is 0 Å². The molecule has 1 aliphatic heterocycles. The zero-order valence-electron chi connectivity index (χ0n) is 13.8. The number of hydrogen-bond acceptors (Lipinski definition) is 1. The van der Waals surface area contributed by atoms with Gasteiger partial charge in [-0.3, -0.25) is 0 Å². The van der Waals surface area contributed by atoms with Gasteiger partial charge in [-0.05, 0) is 29.5 Å². The maximum Gasteiger partial charge on any atom is 0.0821 e. The van der Waals surface area contributed by atoms with Crippen molar-refractivity contribution in [3.05, 3.63) is 108 Å². The molecule has 3 aromatic rings. The van der Waals surface area contributed by atoms with Crippen molar-refractivity contribution in [2.24, 2.45) is 0 Å². The van der Waals surface area contributed by atoms with Crippen molar-refractivity contribution in [1.82, 2.24) is 0 Å². The van der Waals surface area contributed by atoms with E-state index in [1.807, 2.05) is 0 Å². The Labute approximate surface area is 143 Å². The summed E-state index contributed by atoms with van der Waals surface area (Å²) in [5.74, 6) is 0. The van der Waals surface area contributed by atoms with E-state index in [9.17, 15) is 0 Å². The Morgan fingerprint density at radius 2 is 1.17 bits per heavy atom. The van der Waals surface area contributed by atoms with E-state index >= 15 is 0 Å². The molecule has 0 bridgehead atoms. The van der Waals surface area contributed by atoms with Crippen LogP contribution in [0.15, 0.2) is 91.0 Å². The van der Waals surface area contributed by atoms with Gasteiger partial charge in [0, 0.05) is 5.41 Å². The van der Waals surface area contributed by atoms with Gasteiger partial charge in [0.05, 0.1) is 12.7 Å². The van der Waals surface area contributed by atoms with Crippen molar-refractivity contribution in [3.8, 4) is 0 Å². The molecule has 1 aliphatic rings. The van der Waals surface area contributed by atoms with Crippen molar-refractivity contribution in [1.29, 1.82) is 0 Å². The molecule has 0 aromatic heterocycles. The molecule has 1 heteroatoms. The van der Waals surface area contributed by atoms with Gasteiger partial charge in [0.15, 0.2) is 0 Å². The first-order valence-electron chi connectivity index (χ1n) is 8.63. The average Bonchev–Trinajstić information content (AvgIpc) is 3.47. The summed E-state index contributed by atoms with van der Waals surface area (Å²) in [7, 11) is 0. The Morgan fingerprint density at radius 3 is 1.62 bits per heavy atom. The lowest BCUT2D eigenvalue weighted by Crippen LogP contribution is -2.32. The van der Waals surface area contributed by atoms with Crippen LogP contribution in [0.4, 0.5) is 0 Å². The second-order valence-corrected chi connectivity index (χ2v) is 6.64. The first-order valence-corrected chi connectivity index (χ1v) is 8.63. The minimum atomic E-state index is -0.0506. The van der Waals surface area contributed by atoms with Crippen molar-refractivity contribution in [3.63, 3.8) is 0 Å². The molecule has 0 saturated carbocycles. The molecular weight excluding hydrogens is 292 g/mol. The van der Waals surface area contributed by atoms with E-state index in [0.29, 0.717) is 6.10 Å². The van der Waals surface area contributed by atoms with Crippen LogP contribution in [0.5, 0.6) is 0 Å². The van der Waals surface area contributed by atoms with Crippen LogP contribution in [0.1, 0.15) is 23.1 Å².